The molecular weight excluding hydrogens is 200 g/mol. The van der Waals surface area contributed by atoms with Crippen LogP contribution < -0.4 is 5.32 Å². The zero-order chi connectivity index (χ0) is 10.2. The second-order valence-corrected chi connectivity index (χ2v) is 6.26. The van der Waals surface area contributed by atoms with E-state index in [4.69, 9.17) is 0 Å². The number of hydrogen-bond acceptors (Lipinski definition) is 3. The maximum absolute atomic E-state index is 10.8. The van der Waals surface area contributed by atoms with Crippen LogP contribution in [0.25, 0.3) is 0 Å². The molecule has 2 rings (SSSR count). The average molecular weight is 216 g/mol. The molecule has 0 aromatic heterocycles. The van der Waals surface area contributed by atoms with Gasteiger partial charge in [-0.2, -0.15) is 4.40 Å². The molecule has 1 heterocycles. The topological polar surface area (TPSA) is 58.5 Å². The first-order valence-corrected chi connectivity index (χ1v) is 6.80. The molecule has 1 saturated carbocycles. The summed E-state index contributed by atoms with van der Waals surface area (Å²) in [5, 5.41) is 3.35. The van der Waals surface area contributed by atoms with Gasteiger partial charge in [-0.05, 0) is 37.1 Å². The Bertz CT molecular complexity index is 334. The SMILES string of the molecule is CS(=O)(=O)N=CC1CC2(CCNC2)C1. The summed E-state index contributed by atoms with van der Waals surface area (Å²) in [6.45, 7) is 2.20. The third kappa shape index (κ3) is 2.15. The van der Waals surface area contributed by atoms with Crippen molar-refractivity contribution in [2.75, 3.05) is 19.3 Å². The summed E-state index contributed by atoms with van der Waals surface area (Å²) in [7, 11) is -3.18. The van der Waals surface area contributed by atoms with Crippen LogP contribution in [-0.4, -0.2) is 34.0 Å². The zero-order valence-electron chi connectivity index (χ0n) is 8.36. The Balaban J connectivity index is 1.86. The molecule has 1 aliphatic carbocycles. The van der Waals surface area contributed by atoms with Crippen LogP contribution in [0.1, 0.15) is 19.3 Å². The predicted octanol–water partition coefficient (Wildman–Crippen LogP) is 0.407. The van der Waals surface area contributed by atoms with E-state index >= 15 is 0 Å². The van der Waals surface area contributed by atoms with E-state index in [2.05, 4.69) is 9.71 Å². The van der Waals surface area contributed by atoms with Crippen LogP contribution in [0.4, 0.5) is 0 Å². The lowest BCUT2D eigenvalue weighted by Crippen LogP contribution is -2.39. The summed E-state index contributed by atoms with van der Waals surface area (Å²) in [5.41, 5.74) is 0.466. The van der Waals surface area contributed by atoms with Gasteiger partial charge in [0.05, 0.1) is 6.26 Å². The first-order valence-electron chi connectivity index (χ1n) is 4.95. The molecule has 4 nitrogen and oxygen atoms in total. The van der Waals surface area contributed by atoms with Gasteiger partial charge in [0, 0.05) is 12.8 Å². The predicted molar refractivity (Wildman–Crippen MR) is 56.0 cm³/mol. The summed E-state index contributed by atoms with van der Waals surface area (Å²) >= 11 is 0. The van der Waals surface area contributed by atoms with E-state index in [0.717, 1.165) is 32.2 Å². The van der Waals surface area contributed by atoms with Crippen molar-refractivity contribution in [3.63, 3.8) is 0 Å². The van der Waals surface area contributed by atoms with Crippen molar-refractivity contribution in [3.8, 4) is 0 Å². The normalized spacial score (nSPS) is 37.9. The van der Waals surface area contributed by atoms with Gasteiger partial charge in [0.1, 0.15) is 0 Å². The van der Waals surface area contributed by atoms with Crippen LogP contribution in [0.5, 0.6) is 0 Å². The molecule has 14 heavy (non-hydrogen) atoms. The fraction of sp³-hybridized carbons (Fsp3) is 0.889. The highest BCUT2D eigenvalue weighted by Crippen LogP contribution is 2.48. The fourth-order valence-electron chi connectivity index (χ4n) is 2.50. The molecule has 0 amide bonds. The average Bonchev–Trinajstić information content (AvgIpc) is 2.44. The van der Waals surface area contributed by atoms with Crippen molar-refractivity contribution in [3.05, 3.63) is 0 Å². The molecule has 5 heteroatoms. The van der Waals surface area contributed by atoms with E-state index in [0.29, 0.717) is 11.3 Å². The standard InChI is InChI=1S/C9H16N2O2S/c1-14(12,13)11-6-8-4-9(5-8)2-3-10-7-9/h6,8,10H,2-5,7H2,1H3. The summed E-state index contributed by atoms with van der Waals surface area (Å²) in [6.07, 6.45) is 6.17. The van der Waals surface area contributed by atoms with Gasteiger partial charge in [-0.25, -0.2) is 8.42 Å². The van der Waals surface area contributed by atoms with Gasteiger partial charge in [0.2, 0.25) is 10.0 Å². The molecule has 0 bridgehead atoms. The highest BCUT2D eigenvalue weighted by molar-refractivity contribution is 7.89. The highest BCUT2D eigenvalue weighted by atomic mass is 32.2. The molecule has 0 unspecified atom stereocenters. The van der Waals surface area contributed by atoms with E-state index in [1.165, 1.54) is 6.42 Å². The van der Waals surface area contributed by atoms with Crippen LogP contribution in [0.2, 0.25) is 0 Å². The van der Waals surface area contributed by atoms with E-state index < -0.39 is 10.0 Å². The first kappa shape index (κ1) is 10.1. The van der Waals surface area contributed by atoms with Crippen molar-refractivity contribution < 1.29 is 8.42 Å². The second-order valence-electron chi connectivity index (χ2n) is 4.58. The maximum atomic E-state index is 10.8. The summed E-state index contributed by atoms with van der Waals surface area (Å²) in [5.74, 6) is 0.379. The van der Waals surface area contributed by atoms with Gasteiger partial charge < -0.3 is 5.32 Å². The van der Waals surface area contributed by atoms with E-state index in [9.17, 15) is 8.42 Å². The summed E-state index contributed by atoms with van der Waals surface area (Å²) in [4.78, 5) is 0. The second kappa shape index (κ2) is 3.31. The molecule has 1 N–H and O–H groups in total. The highest BCUT2D eigenvalue weighted by Gasteiger charge is 2.45. The summed E-state index contributed by atoms with van der Waals surface area (Å²) < 4.78 is 25.1. The Morgan fingerprint density at radius 1 is 1.50 bits per heavy atom. The van der Waals surface area contributed by atoms with Gasteiger partial charge in [-0.3, -0.25) is 0 Å². The van der Waals surface area contributed by atoms with Crippen LogP contribution in [0.15, 0.2) is 4.40 Å². The molecule has 2 fully saturated rings. The molecule has 2 aliphatic rings. The molecule has 1 saturated heterocycles. The van der Waals surface area contributed by atoms with E-state index in [-0.39, 0.29) is 0 Å². The van der Waals surface area contributed by atoms with Crippen LogP contribution >= 0.6 is 0 Å². The number of nitrogens with zero attached hydrogens (tertiary/aromatic N) is 1. The van der Waals surface area contributed by atoms with Gasteiger partial charge >= 0.3 is 0 Å². The van der Waals surface area contributed by atoms with Gasteiger partial charge in [-0.1, -0.05) is 0 Å². The van der Waals surface area contributed by atoms with Crippen molar-refractivity contribution >= 4 is 16.2 Å². The Labute approximate surface area is 84.9 Å². The Hall–Kier alpha value is -0.420. The largest absolute Gasteiger partial charge is 0.316 e. The molecule has 0 aromatic rings. The van der Waals surface area contributed by atoms with Gasteiger partial charge in [-0.15, -0.1) is 0 Å². The monoisotopic (exact) mass is 216 g/mol. The number of hydrogen-bond donors (Lipinski definition) is 1. The summed E-state index contributed by atoms with van der Waals surface area (Å²) in [6, 6.07) is 0. The lowest BCUT2D eigenvalue weighted by atomic mass is 9.62. The third-order valence-corrected chi connectivity index (χ3v) is 3.69. The molecule has 80 valence electrons. The Morgan fingerprint density at radius 3 is 2.71 bits per heavy atom. The third-order valence-electron chi connectivity index (χ3n) is 3.19. The fourth-order valence-corrected chi connectivity index (χ4v) is 2.89. The van der Waals surface area contributed by atoms with E-state index in [1.54, 1.807) is 6.21 Å². The van der Waals surface area contributed by atoms with Crippen molar-refractivity contribution in [2.24, 2.45) is 15.7 Å². The minimum Gasteiger partial charge on any atom is -0.316 e. The number of sulfonamides is 1. The van der Waals surface area contributed by atoms with Gasteiger partial charge in [0.25, 0.3) is 0 Å². The Morgan fingerprint density at radius 2 is 2.21 bits per heavy atom. The van der Waals surface area contributed by atoms with Crippen molar-refractivity contribution in [1.29, 1.82) is 0 Å². The minimum atomic E-state index is -3.18. The zero-order valence-corrected chi connectivity index (χ0v) is 9.18. The van der Waals surface area contributed by atoms with Gasteiger partial charge in [0.15, 0.2) is 0 Å². The van der Waals surface area contributed by atoms with Crippen LogP contribution in [0, 0.1) is 11.3 Å². The molecular formula is C9H16N2O2S. The van der Waals surface area contributed by atoms with Crippen molar-refractivity contribution in [2.45, 2.75) is 19.3 Å². The first-order chi connectivity index (χ1) is 6.49. The van der Waals surface area contributed by atoms with Crippen LogP contribution in [-0.2, 0) is 10.0 Å². The Kier molecular flexibility index (Phi) is 2.39. The molecule has 1 aliphatic heterocycles. The smallest absolute Gasteiger partial charge is 0.249 e. The molecule has 1 spiro atoms. The van der Waals surface area contributed by atoms with Crippen molar-refractivity contribution in [1.82, 2.24) is 5.32 Å². The van der Waals surface area contributed by atoms with E-state index in [1.807, 2.05) is 0 Å². The quantitative estimate of drug-likeness (QED) is 0.680. The number of rotatable bonds is 2. The number of nitrogens with one attached hydrogen (secondary N) is 1. The lowest BCUT2D eigenvalue weighted by Gasteiger charge is -2.43. The lowest BCUT2D eigenvalue weighted by molar-refractivity contribution is 0.123. The maximum Gasteiger partial charge on any atom is 0.249 e. The molecule has 0 atom stereocenters. The minimum absolute atomic E-state index is 0.379. The molecule has 0 aromatic carbocycles. The molecule has 0 radical (unpaired) electrons. The van der Waals surface area contributed by atoms with Crippen LogP contribution in [0.3, 0.4) is 0 Å².